The molecule has 0 aliphatic carbocycles. The second kappa shape index (κ2) is 4.40. The highest BCUT2D eigenvalue weighted by molar-refractivity contribution is 4.90. The number of rotatable bonds is 4. The molecule has 3 aliphatic heterocycles. The lowest BCUT2D eigenvalue weighted by molar-refractivity contribution is 0.0729. The molecule has 0 radical (unpaired) electrons. The quantitative estimate of drug-likeness (QED) is 0.604. The van der Waals surface area contributed by atoms with Crippen molar-refractivity contribution in [2.45, 2.75) is 25.3 Å². The predicted octanol–water partition coefficient (Wildman–Crippen LogP) is 0.0190. The van der Waals surface area contributed by atoms with Crippen LogP contribution in [-0.2, 0) is 0 Å². The average Bonchev–Trinajstić information content (AvgIpc) is 2.20. The van der Waals surface area contributed by atoms with Crippen LogP contribution in [0.3, 0.4) is 0 Å². The van der Waals surface area contributed by atoms with E-state index in [-0.39, 0.29) is 0 Å². The first-order valence-electron chi connectivity index (χ1n) is 5.56. The van der Waals surface area contributed by atoms with Crippen molar-refractivity contribution in [2.24, 2.45) is 11.7 Å². The summed E-state index contributed by atoms with van der Waals surface area (Å²) < 4.78 is 0. The third kappa shape index (κ3) is 2.22. The number of nitrogens with two attached hydrogens (primary N) is 1. The molecule has 0 amide bonds. The Morgan fingerprint density at radius 3 is 2.62 bits per heavy atom. The summed E-state index contributed by atoms with van der Waals surface area (Å²) in [5.41, 5.74) is 5.47. The summed E-state index contributed by atoms with van der Waals surface area (Å²) >= 11 is 0. The van der Waals surface area contributed by atoms with E-state index < -0.39 is 0 Å². The van der Waals surface area contributed by atoms with E-state index in [9.17, 15) is 0 Å². The van der Waals surface area contributed by atoms with Crippen molar-refractivity contribution in [3.63, 3.8) is 0 Å². The Morgan fingerprint density at radius 1 is 1.31 bits per heavy atom. The molecule has 2 bridgehead atoms. The van der Waals surface area contributed by atoms with Crippen molar-refractivity contribution < 1.29 is 0 Å². The zero-order chi connectivity index (χ0) is 9.10. The van der Waals surface area contributed by atoms with Crippen LogP contribution in [0.1, 0.15) is 19.3 Å². The summed E-state index contributed by atoms with van der Waals surface area (Å²) in [7, 11) is 0. The van der Waals surface area contributed by atoms with Gasteiger partial charge in [0.15, 0.2) is 0 Å². The van der Waals surface area contributed by atoms with Crippen LogP contribution in [0.2, 0.25) is 0 Å². The first kappa shape index (κ1) is 9.44. The van der Waals surface area contributed by atoms with E-state index in [2.05, 4.69) is 10.2 Å². The van der Waals surface area contributed by atoms with Crippen LogP contribution >= 0.6 is 0 Å². The van der Waals surface area contributed by atoms with Crippen molar-refractivity contribution in [1.29, 1.82) is 0 Å². The van der Waals surface area contributed by atoms with Crippen molar-refractivity contribution in [2.75, 3.05) is 32.7 Å². The second-order valence-corrected chi connectivity index (χ2v) is 4.34. The molecule has 3 saturated heterocycles. The Labute approximate surface area is 80.7 Å². The van der Waals surface area contributed by atoms with Crippen LogP contribution in [0.25, 0.3) is 0 Å². The maximum absolute atomic E-state index is 5.47. The van der Waals surface area contributed by atoms with Gasteiger partial charge in [0.25, 0.3) is 0 Å². The molecule has 0 spiro atoms. The molecule has 3 heteroatoms. The van der Waals surface area contributed by atoms with Crippen LogP contribution in [0.4, 0.5) is 0 Å². The fourth-order valence-corrected chi connectivity index (χ4v) is 2.59. The van der Waals surface area contributed by atoms with Crippen molar-refractivity contribution in [3.8, 4) is 0 Å². The number of hydrogen-bond donors (Lipinski definition) is 2. The molecule has 0 aromatic carbocycles. The number of nitrogens with one attached hydrogen (secondary N) is 1. The third-order valence-electron chi connectivity index (χ3n) is 3.44. The molecule has 3 N–H and O–H groups in total. The van der Waals surface area contributed by atoms with Gasteiger partial charge in [-0.25, -0.2) is 0 Å². The average molecular weight is 183 g/mol. The normalized spacial score (nSPS) is 38.1. The largest absolute Gasteiger partial charge is 0.330 e. The molecule has 3 rings (SSSR count). The molecular formula is C10H21N3. The van der Waals surface area contributed by atoms with Gasteiger partial charge in [0.05, 0.1) is 0 Å². The topological polar surface area (TPSA) is 41.3 Å². The molecule has 1 unspecified atom stereocenters. The van der Waals surface area contributed by atoms with Gasteiger partial charge in [0.1, 0.15) is 0 Å². The highest BCUT2D eigenvalue weighted by atomic mass is 15.2. The fraction of sp³-hybridized carbons (Fsp3) is 1.00. The third-order valence-corrected chi connectivity index (χ3v) is 3.44. The highest BCUT2D eigenvalue weighted by Gasteiger charge is 2.33. The lowest BCUT2D eigenvalue weighted by Gasteiger charge is -2.45. The monoisotopic (exact) mass is 183 g/mol. The first-order chi connectivity index (χ1) is 6.40. The first-order valence-corrected chi connectivity index (χ1v) is 5.56. The Kier molecular flexibility index (Phi) is 3.19. The van der Waals surface area contributed by atoms with Crippen LogP contribution in [0, 0.1) is 5.92 Å². The van der Waals surface area contributed by atoms with Gasteiger partial charge in [-0.1, -0.05) is 0 Å². The van der Waals surface area contributed by atoms with Gasteiger partial charge in [0, 0.05) is 12.6 Å². The molecule has 3 fully saturated rings. The molecule has 76 valence electrons. The maximum Gasteiger partial charge on any atom is 0.0224 e. The van der Waals surface area contributed by atoms with Crippen LogP contribution in [0.5, 0.6) is 0 Å². The minimum absolute atomic E-state index is 0.758. The molecule has 3 heterocycles. The SMILES string of the molecule is NCCCNC1CN2CCC1CC2. The molecular weight excluding hydrogens is 162 g/mol. The number of hydrogen-bond acceptors (Lipinski definition) is 3. The van der Waals surface area contributed by atoms with Crippen LogP contribution in [-0.4, -0.2) is 43.7 Å². The van der Waals surface area contributed by atoms with Gasteiger partial charge in [-0.05, 0) is 51.4 Å². The van der Waals surface area contributed by atoms with Crippen LogP contribution < -0.4 is 11.1 Å². The van der Waals surface area contributed by atoms with Gasteiger partial charge in [-0.2, -0.15) is 0 Å². The molecule has 1 atom stereocenters. The van der Waals surface area contributed by atoms with E-state index in [1.807, 2.05) is 0 Å². The van der Waals surface area contributed by atoms with Crippen molar-refractivity contribution in [1.82, 2.24) is 10.2 Å². The smallest absolute Gasteiger partial charge is 0.0224 e. The van der Waals surface area contributed by atoms with E-state index >= 15 is 0 Å². The number of fused-ring (bicyclic) bond motifs is 3. The predicted molar refractivity (Wildman–Crippen MR) is 54.6 cm³/mol. The van der Waals surface area contributed by atoms with Crippen molar-refractivity contribution in [3.05, 3.63) is 0 Å². The minimum atomic E-state index is 0.758. The Morgan fingerprint density at radius 2 is 2.08 bits per heavy atom. The molecule has 3 aliphatic rings. The van der Waals surface area contributed by atoms with E-state index in [1.54, 1.807) is 0 Å². The summed E-state index contributed by atoms with van der Waals surface area (Å²) in [6.45, 7) is 5.86. The van der Waals surface area contributed by atoms with E-state index in [1.165, 1.54) is 32.5 Å². The maximum atomic E-state index is 5.47. The van der Waals surface area contributed by atoms with E-state index in [0.717, 1.165) is 31.5 Å². The summed E-state index contributed by atoms with van der Waals surface area (Å²) in [4.78, 5) is 2.58. The van der Waals surface area contributed by atoms with Gasteiger partial charge < -0.3 is 16.0 Å². The van der Waals surface area contributed by atoms with Gasteiger partial charge >= 0.3 is 0 Å². The molecule has 0 aromatic heterocycles. The number of nitrogens with zero attached hydrogens (tertiary/aromatic N) is 1. The minimum Gasteiger partial charge on any atom is -0.330 e. The summed E-state index contributed by atoms with van der Waals surface area (Å²) in [5.74, 6) is 0.947. The lowest BCUT2D eigenvalue weighted by atomic mass is 9.84. The zero-order valence-electron chi connectivity index (χ0n) is 8.34. The Bertz CT molecular complexity index is 152. The van der Waals surface area contributed by atoms with E-state index in [0.29, 0.717) is 0 Å². The van der Waals surface area contributed by atoms with Crippen LogP contribution in [0.15, 0.2) is 0 Å². The zero-order valence-corrected chi connectivity index (χ0v) is 8.34. The van der Waals surface area contributed by atoms with Gasteiger partial charge in [0.2, 0.25) is 0 Å². The number of piperidine rings is 3. The summed E-state index contributed by atoms with van der Waals surface area (Å²) in [6.07, 6.45) is 3.92. The van der Waals surface area contributed by atoms with E-state index in [4.69, 9.17) is 5.73 Å². The summed E-state index contributed by atoms with van der Waals surface area (Å²) in [5, 5.41) is 3.63. The van der Waals surface area contributed by atoms with Gasteiger partial charge in [-0.3, -0.25) is 0 Å². The standard InChI is InChI=1S/C10H21N3/c11-4-1-5-12-10-8-13-6-2-9(10)3-7-13/h9-10,12H,1-8,11H2. The second-order valence-electron chi connectivity index (χ2n) is 4.34. The Hall–Kier alpha value is -0.120. The van der Waals surface area contributed by atoms with Gasteiger partial charge in [-0.15, -0.1) is 0 Å². The Balaban J connectivity index is 1.74. The lowest BCUT2D eigenvalue weighted by Crippen LogP contribution is -2.56. The molecule has 13 heavy (non-hydrogen) atoms. The summed E-state index contributed by atoms with van der Waals surface area (Å²) in [6, 6.07) is 0.758. The fourth-order valence-electron chi connectivity index (χ4n) is 2.59. The molecule has 0 saturated carbocycles. The highest BCUT2D eigenvalue weighted by Crippen LogP contribution is 2.27. The van der Waals surface area contributed by atoms with Crippen molar-refractivity contribution >= 4 is 0 Å². The molecule has 0 aromatic rings. The molecule has 3 nitrogen and oxygen atoms in total.